The van der Waals surface area contributed by atoms with Gasteiger partial charge in [0.1, 0.15) is 12.2 Å². The average Bonchev–Trinajstić information content (AvgIpc) is 3.22. The highest BCUT2D eigenvalue weighted by Crippen LogP contribution is 2.43. The Morgan fingerprint density at radius 1 is 1.38 bits per heavy atom. The van der Waals surface area contributed by atoms with Gasteiger partial charge in [-0.2, -0.15) is 0 Å². The summed E-state index contributed by atoms with van der Waals surface area (Å²) in [6.45, 7) is 3.79. The molecule has 1 aromatic carbocycles. The van der Waals surface area contributed by atoms with Crippen molar-refractivity contribution in [2.24, 2.45) is 17.8 Å². The number of esters is 2. The van der Waals surface area contributed by atoms with Crippen molar-refractivity contribution >= 4 is 11.9 Å². The monoisotopic (exact) mass is 396 g/mol. The molecular formula is C24H28O5. The molecule has 3 rings (SSSR count). The molecule has 154 valence electrons. The zero-order valence-electron chi connectivity index (χ0n) is 16.9. The highest BCUT2D eigenvalue weighted by Gasteiger charge is 2.50. The van der Waals surface area contributed by atoms with Crippen molar-refractivity contribution in [1.82, 2.24) is 0 Å². The van der Waals surface area contributed by atoms with Crippen LogP contribution in [0.2, 0.25) is 0 Å². The summed E-state index contributed by atoms with van der Waals surface area (Å²) >= 11 is 0. The smallest absolute Gasteiger partial charge is 0.338 e. The van der Waals surface area contributed by atoms with Gasteiger partial charge in [0.25, 0.3) is 0 Å². The molecule has 0 amide bonds. The van der Waals surface area contributed by atoms with E-state index in [0.717, 1.165) is 12.8 Å². The number of hydrogen-bond acceptors (Lipinski definition) is 5. The number of hydrogen-bond donors (Lipinski definition) is 1. The Morgan fingerprint density at radius 2 is 2.14 bits per heavy atom. The summed E-state index contributed by atoms with van der Waals surface area (Å²) in [4.78, 5) is 24.2. The maximum absolute atomic E-state index is 12.5. The van der Waals surface area contributed by atoms with Crippen molar-refractivity contribution in [3.05, 3.63) is 48.0 Å². The van der Waals surface area contributed by atoms with Gasteiger partial charge in [-0.25, -0.2) is 4.79 Å². The number of rotatable bonds is 7. The molecule has 1 aliphatic carbocycles. The van der Waals surface area contributed by atoms with Crippen LogP contribution < -0.4 is 0 Å². The van der Waals surface area contributed by atoms with Gasteiger partial charge in [0.05, 0.1) is 18.1 Å². The Bertz CT molecular complexity index is 804. The van der Waals surface area contributed by atoms with E-state index in [1.54, 1.807) is 37.3 Å². The fourth-order valence-corrected chi connectivity index (χ4v) is 4.10. The Hall–Kier alpha value is -2.58. The van der Waals surface area contributed by atoms with Crippen LogP contribution in [0.4, 0.5) is 0 Å². The Labute approximate surface area is 172 Å². The van der Waals surface area contributed by atoms with E-state index in [9.17, 15) is 14.7 Å². The molecule has 0 radical (unpaired) electrons. The van der Waals surface area contributed by atoms with Crippen LogP contribution in [0.3, 0.4) is 0 Å². The van der Waals surface area contributed by atoms with Gasteiger partial charge in [-0.1, -0.05) is 37.3 Å². The third-order valence-corrected chi connectivity index (χ3v) is 5.83. The summed E-state index contributed by atoms with van der Waals surface area (Å²) < 4.78 is 11.2. The summed E-state index contributed by atoms with van der Waals surface area (Å²) in [5.74, 6) is 5.17. The van der Waals surface area contributed by atoms with Crippen molar-refractivity contribution < 1.29 is 24.2 Å². The molecule has 1 N–H and O–H groups in total. The van der Waals surface area contributed by atoms with E-state index in [-0.39, 0.29) is 41.9 Å². The van der Waals surface area contributed by atoms with Gasteiger partial charge < -0.3 is 14.6 Å². The normalized spacial score (nSPS) is 27.6. The molecule has 29 heavy (non-hydrogen) atoms. The van der Waals surface area contributed by atoms with E-state index >= 15 is 0 Å². The lowest BCUT2D eigenvalue weighted by atomic mass is 9.90. The molecule has 0 aromatic heterocycles. The molecule has 1 saturated heterocycles. The molecule has 1 aliphatic heterocycles. The topological polar surface area (TPSA) is 72.8 Å². The van der Waals surface area contributed by atoms with E-state index in [1.165, 1.54) is 0 Å². The molecule has 1 saturated carbocycles. The van der Waals surface area contributed by atoms with Crippen LogP contribution >= 0.6 is 0 Å². The molecule has 0 unspecified atom stereocenters. The number of aliphatic hydroxyl groups is 1. The number of carbonyl (C=O) groups excluding carboxylic acids is 2. The van der Waals surface area contributed by atoms with E-state index in [2.05, 4.69) is 11.8 Å². The Morgan fingerprint density at radius 3 is 2.86 bits per heavy atom. The maximum Gasteiger partial charge on any atom is 0.338 e. The molecule has 1 aromatic rings. The largest absolute Gasteiger partial charge is 0.462 e. The molecule has 1 heterocycles. The third kappa shape index (κ3) is 5.27. The zero-order valence-corrected chi connectivity index (χ0v) is 16.9. The summed E-state index contributed by atoms with van der Waals surface area (Å²) in [6, 6.07) is 8.86. The first-order chi connectivity index (χ1) is 14.0. The lowest BCUT2D eigenvalue weighted by molar-refractivity contribution is -0.141. The van der Waals surface area contributed by atoms with Crippen LogP contribution in [0.5, 0.6) is 0 Å². The molecule has 0 spiro atoms. The van der Waals surface area contributed by atoms with Crippen LogP contribution in [0, 0.1) is 29.6 Å². The van der Waals surface area contributed by atoms with Gasteiger partial charge in [-0.05, 0) is 31.4 Å². The number of ether oxygens (including phenoxy) is 2. The van der Waals surface area contributed by atoms with Gasteiger partial charge in [0.15, 0.2) is 0 Å². The van der Waals surface area contributed by atoms with Crippen LogP contribution in [-0.4, -0.2) is 35.4 Å². The summed E-state index contributed by atoms with van der Waals surface area (Å²) in [5.41, 5.74) is 0.495. The standard InChI is InChI=1S/C24H28O5/c1-3-4-6-9-16(2)20(25)13-12-18-19-14-23(26)28-22(19)15-21(18)29-24(27)17-10-7-5-8-11-17/h5,7-8,10-13,16,18-22,25H,6,9,14-15H2,1-2H3/b13-12+/t16-,18+,19+,20+,21+,22-/m0/s1. The maximum atomic E-state index is 12.5. The van der Waals surface area contributed by atoms with Crippen molar-refractivity contribution in [1.29, 1.82) is 0 Å². The van der Waals surface area contributed by atoms with Crippen LogP contribution in [0.15, 0.2) is 42.5 Å². The zero-order chi connectivity index (χ0) is 20.8. The first-order valence-electron chi connectivity index (χ1n) is 10.2. The number of fused-ring (bicyclic) bond motifs is 1. The number of aliphatic hydroxyl groups excluding tert-OH is 1. The fraction of sp³-hybridized carbons (Fsp3) is 0.500. The molecule has 5 nitrogen and oxygen atoms in total. The van der Waals surface area contributed by atoms with E-state index in [4.69, 9.17) is 9.47 Å². The van der Waals surface area contributed by atoms with Gasteiger partial charge in [0.2, 0.25) is 0 Å². The SMILES string of the molecule is CC#CCC[C@H](C)[C@H](O)/C=C/[C@@H]1[C@H]2CC(=O)O[C@H]2C[C@H]1OC(=O)c1ccccc1. The van der Waals surface area contributed by atoms with Gasteiger partial charge in [-0.3, -0.25) is 4.79 Å². The second kappa shape index (κ2) is 9.76. The second-order valence-electron chi connectivity index (χ2n) is 7.84. The van der Waals surface area contributed by atoms with Gasteiger partial charge in [-0.15, -0.1) is 11.8 Å². The van der Waals surface area contributed by atoms with Crippen molar-refractivity contribution in [3.63, 3.8) is 0 Å². The summed E-state index contributed by atoms with van der Waals surface area (Å²) in [5, 5.41) is 10.5. The minimum atomic E-state index is -0.615. The lowest BCUT2D eigenvalue weighted by Crippen LogP contribution is -2.25. The predicted molar refractivity (Wildman–Crippen MR) is 109 cm³/mol. The fourth-order valence-electron chi connectivity index (χ4n) is 4.10. The third-order valence-electron chi connectivity index (χ3n) is 5.83. The van der Waals surface area contributed by atoms with Crippen molar-refractivity contribution in [2.75, 3.05) is 0 Å². The highest BCUT2D eigenvalue weighted by molar-refractivity contribution is 5.89. The van der Waals surface area contributed by atoms with Crippen molar-refractivity contribution in [2.45, 2.75) is 57.8 Å². The van der Waals surface area contributed by atoms with E-state index in [0.29, 0.717) is 18.4 Å². The minimum absolute atomic E-state index is 0.0270. The minimum Gasteiger partial charge on any atom is -0.462 e. The molecule has 2 aliphatic rings. The molecule has 6 atom stereocenters. The first-order valence-corrected chi connectivity index (χ1v) is 10.2. The van der Waals surface area contributed by atoms with Crippen LogP contribution in [-0.2, 0) is 14.3 Å². The molecule has 0 bridgehead atoms. The van der Waals surface area contributed by atoms with Gasteiger partial charge >= 0.3 is 11.9 Å². The van der Waals surface area contributed by atoms with Crippen LogP contribution in [0.1, 0.15) is 49.9 Å². The molecule has 2 fully saturated rings. The number of carbonyl (C=O) groups is 2. The average molecular weight is 396 g/mol. The van der Waals surface area contributed by atoms with E-state index in [1.807, 2.05) is 19.1 Å². The Balaban J connectivity index is 1.68. The summed E-state index contributed by atoms with van der Waals surface area (Å²) in [7, 11) is 0. The van der Waals surface area contributed by atoms with Crippen LogP contribution in [0.25, 0.3) is 0 Å². The first kappa shape index (κ1) is 21.1. The predicted octanol–water partition coefficient (Wildman–Crippen LogP) is 3.52. The lowest BCUT2D eigenvalue weighted by Gasteiger charge is -2.21. The number of benzene rings is 1. The summed E-state index contributed by atoms with van der Waals surface area (Å²) in [6.07, 6.45) is 4.80. The van der Waals surface area contributed by atoms with Gasteiger partial charge in [0, 0.05) is 24.7 Å². The molecular weight excluding hydrogens is 368 g/mol. The van der Waals surface area contributed by atoms with E-state index < -0.39 is 6.10 Å². The van der Waals surface area contributed by atoms with Crippen molar-refractivity contribution in [3.8, 4) is 11.8 Å². The second-order valence-corrected chi connectivity index (χ2v) is 7.84. The Kier molecular flexibility index (Phi) is 7.11. The quantitative estimate of drug-likeness (QED) is 0.434. The highest BCUT2D eigenvalue weighted by atomic mass is 16.6. The molecule has 5 heteroatoms.